The van der Waals surface area contributed by atoms with Gasteiger partial charge in [-0.05, 0) is 30.2 Å². The van der Waals surface area contributed by atoms with Crippen LogP contribution in [0.3, 0.4) is 0 Å². The number of aliphatic hydroxyl groups excluding tert-OH is 1. The highest BCUT2D eigenvalue weighted by molar-refractivity contribution is 7.89. The van der Waals surface area contributed by atoms with Crippen molar-refractivity contribution < 1.29 is 18.3 Å². The van der Waals surface area contributed by atoms with E-state index < -0.39 is 16.1 Å². The number of nitrogens with one attached hydrogen (secondary N) is 1. The summed E-state index contributed by atoms with van der Waals surface area (Å²) in [6, 6.07) is 4.12. The Hall–Kier alpha value is -1.44. The topological polar surface area (TPSA) is 86.7 Å². The molecule has 0 aromatic heterocycles. The average Bonchev–Trinajstić information content (AvgIpc) is 2.71. The second kappa shape index (κ2) is 5.51. The molecule has 0 radical (unpaired) electrons. The summed E-state index contributed by atoms with van der Waals surface area (Å²) < 4.78 is 26.9. The Morgan fingerprint density at radius 3 is 2.75 bits per heavy atom. The van der Waals surface area contributed by atoms with Crippen LogP contribution in [0, 0.1) is 0 Å². The van der Waals surface area contributed by atoms with Crippen molar-refractivity contribution in [3.8, 4) is 0 Å². The van der Waals surface area contributed by atoms with Crippen LogP contribution in [0.25, 0.3) is 0 Å². The molecule has 20 heavy (non-hydrogen) atoms. The first-order valence-corrected chi connectivity index (χ1v) is 7.90. The van der Waals surface area contributed by atoms with Gasteiger partial charge in [0.2, 0.25) is 15.9 Å². The number of likely N-dealkylation sites (N-methyl/N-ethyl adjacent to an activating group) is 1. The molecule has 2 rings (SSSR count). The highest BCUT2D eigenvalue weighted by Gasteiger charge is 2.26. The molecule has 0 saturated heterocycles. The van der Waals surface area contributed by atoms with E-state index in [2.05, 4.69) is 4.72 Å². The molecule has 1 amide bonds. The zero-order valence-corrected chi connectivity index (χ0v) is 12.3. The van der Waals surface area contributed by atoms with Gasteiger partial charge in [-0.1, -0.05) is 6.92 Å². The van der Waals surface area contributed by atoms with Crippen LogP contribution in [0.2, 0.25) is 0 Å². The first-order valence-electron chi connectivity index (χ1n) is 6.41. The molecule has 0 fully saturated rings. The number of nitrogens with zero attached hydrogens (tertiary/aromatic N) is 1. The molecule has 0 unspecified atom stereocenters. The molecule has 2 N–H and O–H groups in total. The van der Waals surface area contributed by atoms with Crippen LogP contribution in [0.15, 0.2) is 23.1 Å². The van der Waals surface area contributed by atoms with Gasteiger partial charge in [0.15, 0.2) is 0 Å². The lowest BCUT2D eigenvalue weighted by molar-refractivity contribution is -0.117. The van der Waals surface area contributed by atoms with Gasteiger partial charge in [-0.3, -0.25) is 4.79 Å². The van der Waals surface area contributed by atoms with Gasteiger partial charge in [-0.15, -0.1) is 0 Å². The third-order valence-electron chi connectivity index (χ3n) is 3.47. The zero-order chi connectivity index (χ0) is 14.9. The lowest BCUT2D eigenvalue weighted by atomic mass is 10.2. The number of hydrogen-bond acceptors (Lipinski definition) is 4. The van der Waals surface area contributed by atoms with Crippen molar-refractivity contribution in [2.24, 2.45) is 0 Å². The van der Waals surface area contributed by atoms with Crippen LogP contribution >= 0.6 is 0 Å². The number of carbonyl (C=O) groups excluding carboxylic acids is 1. The van der Waals surface area contributed by atoms with Crippen molar-refractivity contribution in [1.82, 2.24) is 4.72 Å². The summed E-state index contributed by atoms with van der Waals surface area (Å²) in [6.07, 6.45) is 0.717. The van der Waals surface area contributed by atoms with E-state index in [9.17, 15) is 13.2 Å². The predicted octanol–water partition coefficient (Wildman–Crippen LogP) is 0.255. The van der Waals surface area contributed by atoms with E-state index in [1.807, 2.05) is 0 Å². The Labute approximate surface area is 118 Å². The Bertz CT molecular complexity index is 623. The number of hydrogen-bond donors (Lipinski definition) is 2. The maximum absolute atomic E-state index is 12.2. The molecule has 1 aromatic carbocycles. The third-order valence-corrected chi connectivity index (χ3v) is 4.99. The zero-order valence-electron chi connectivity index (χ0n) is 11.5. The van der Waals surface area contributed by atoms with Crippen LogP contribution in [0.5, 0.6) is 0 Å². The fraction of sp³-hybridized carbons (Fsp3) is 0.462. The van der Waals surface area contributed by atoms with Crippen molar-refractivity contribution in [2.45, 2.75) is 30.7 Å². The number of benzene rings is 1. The number of rotatable bonds is 5. The first-order chi connectivity index (χ1) is 9.39. The van der Waals surface area contributed by atoms with E-state index in [1.54, 1.807) is 20.0 Å². The highest BCUT2D eigenvalue weighted by Crippen LogP contribution is 2.29. The normalized spacial score (nSPS) is 16.4. The van der Waals surface area contributed by atoms with Crippen molar-refractivity contribution in [2.75, 3.05) is 18.6 Å². The second-order valence-corrected chi connectivity index (χ2v) is 6.54. The van der Waals surface area contributed by atoms with Gasteiger partial charge >= 0.3 is 0 Å². The van der Waals surface area contributed by atoms with Gasteiger partial charge in [0, 0.05) is 18.8 Å². The number of fused-ring (bicyclic) bond motifs is 1. The Balaban J connectivity index is 2.31. The fourth-order valence-corrected chi connectivity index (χ4v) is 3.51. The maximum Gasteiger partial charge on any atom is 0.240 e. The van der Waals surface area contributed by atoms with Gasteiger partial charge in [0.25, 0.3) is 0 Å². The van der Waals surface area contributed by atoms with Crippen LogP contribution in [-0.4, -0.2) is 39.1 Å². The molecule has 0 aliphatic carbocycles. The monoisotopic (exact) mass is 298 g/mol. The lowest BCUT2D eigenvalue weighted by Gasteiger charge is -2.15. The van der Waals surface area contributed by atoms with Gasteiger partial charge < -0.3 is 10.0 Å². The molecule has 110 valence electrons. The summed E-state index contributed by atoms with van der Waals surface area (Å²) in [6.45, 7) is 1.54. The number of amides is 1. The molecule has 0 spiro atoms. The van der Waals surface area contributed by atoms with Crippen LogP contribution in [0.4, 0.5) is 5.69 Å². The Kier molecular flexibility index (Phi) is 4.12. The smallest absolute Gasteiger partial charge is 0.240 e. The van der Waals surface area contributed by atoms with Crippen molar-refractivity contribution in [3.63, 3.8) is 0 Å². The van der Waals surface area contributed by atoms with Crippen LogP contribution < -0.4 is 9.62 Å². The summed E-state index contributed by atoms with van der Waals surface area (Å²) in [5, 5.41) is 9.08. The van der Waals surface area contributed by atoms with Gasteiger partial charge in [-0.2, -0.15) is 0 Å². The van der Waals surface area contributed by atoms with Crippen LogP contribution in [-0.2, 0) is 21.2 Å². The standard InChI is InChI=1S/C13H18N2O4S/c1-3-10(8-16)14-20(18,19)11-4-5-12-9(6-11)7-13(17)15(12)2/h4-6,10,14,16H,3,7-8H2,1-2H3/t10-/m0/s1. The molecule has 1 heterocycles. The summed E-state index contributed by atoms with van der Waals surface area (Å²) >= 11 is 0. The van der Waals surface area contributed by atoms with E-state index in [-0.39, 0.29) is 23.8 Å². The maximum atomic E-state index is 12.2. The van der Waals surface area contributed by atoms with E-state index in [0.29, 0.717) is 12.0 Å². The summed E-state index contributed by atoms with van der Waals surface area (Å²) in [5.41, 5.74) is 1.44. The third kappa shape index (κ3) is 2.70. The summed E-state index contributed by atoms with van der Waals surface area (Å²) in [4.78, 5) is 13.2. The van der Waals surface area contributed by atoms with Crippen molar-refractivity contribution >= 4 is 21.6 Å². The molecular formula is C13H18N2O4S. The Morgan fingerprint density at radius 1 is 1.45 bits per heavy atom. The van der Waals surface area contributed by atoms with Gasteiger partial charge in [0.1, 0.15) is 0 Å². The molecule has 1 atom stereocenters. The first kappa shape index (κ1) is 15.0. The molecule has 1 aliphatic heterocycles. The SMILES string of the molecule is CC[C@@H](CO)NS(=O)(=O)c1ccc2c(c1)CC(=O)N2C. The molecule has 7 heteroatoms. The largest absolute Gasteiger partial charge is 0.395 e. The second-order valence-electron chi connectivity index (χ2n) is 4.83. The summed E-state index contributed by atoms with van der Waals surface area (Å²) in [7, 11) is -2.01. The number of carbonyl (C=O) groups is 1. The minimum atomic E-state index is -3.68. The predicted molar refractivity (Wildman–Crippen MR) is 75.0 cm³/mol. The lowest BCUT2D eigenvalue weighted by Crippen LogP contribution is -2.36. The van der Waals surface area contributed by atoms with E-state index in [4.69, 9.17) is 5.11 Å². The van der Waals surface area contributed by atoms with Gasteiger partial charge in [0.05, 0.1) is 17.9 Å². The Morgan fingerprint density at radius 2 is 2.15 bits per heavy atom. The minimum absolute atomic E-state index is 0.0516. The number of anilines is 1. The van der Waals surface area contributed by atoms with Crippen molar-refractivity contribution in [3.05, 3.63) is 23.8 Å². The number of aliphatic hydroxyl groups is 1. The summed E-state index contributed by atoms with van der Waals surface area (Å²) in [5.74, 6) is -0.0516. The molecule has 1 aromatic rings. The number of sulfonamides is 1. The van der Waals surface area contributed by atoms with Gasteiger partial charge in [-0.25, -0.2) is 13.1 Å². The molecule has 6 nitrogen and oxygen atoms in total. The van der Waals surface area contributed by atoms with Crippen LogP contribution in [0.1, 0.15) is 18.9 Å². The molecular weight excluding hydrogens is 280 g/mol. The quantitative estimate of drug-likeness (QED) is 0.816. The molecule has 1 aliphatic rings. The highest BCUT2D eigenvalue weighted by atomic mass is 32.2. The van der Waals surface area contributed by atoms with Crippen molar-refractivity contribution in [1.29, 1.82) is 0 Å². The van der Waals surface area contributed by atoms with E-state index in [1.165, 1.54) is 17.0 Å². The van der Waals surface area contributed by atoms with E-state index in [0.717, 1.165) is 5.69 Å². The minimum Gasteiger partial charge on any atom is -0.395 e. The average molecular weight is 298 g/mol. The molecule has 0 saturated carbocycles. The fourth-order valence-electron chi connectivity index (χ4n) is 2.15. The molecule has 0 bridgehead atoms. The van der Waals surface area contributed by atoms with E-state index >= 15 is 0 Å².